The van der Waals surface area contributed by atoms with E-state index in [0.29, 0.717) is 27.2 Å². The Morgan fingerprint density at radius 3 is 2.67 bits per heavy atom. The molecular formula is C13H16Cl2N2O. The second-order valence-corrected chi connectivity index (χ2v) is 5.74. The molecule has 1 aromatic rings. The molecule has 5 heteroatoms. The number of benzene rings is 1. The van der Waals surface area contributed by atoms with E-state index in [2.05, 4.69) is 12.2 Å². The summed E-state index contributed by atoms with van der Waals surface area (Å²) in [5, 5.41) is 3.60. The fraction of sp³-hybridized carbons (Fsp3) is 0.462. The molecule has 1 aliphatic rings. The van der Waals surface area contributed by atoms with Crippen LogP contribution in [0.2, 0.25) is 10.0 Å². The zero-order valence-electron chi connectivity index (χ0n) is 10.2. The van der Waals surface area contributed by atoms with E-state index in [9.17, 15) is 4.79 Å². The molecular weight excluding hydrogens is 271 g/mol. The number of hydrogen-bond acceptors (Lipinski definition) is 2. The van der Waals surface area contributed by atoms with Crippen molar-refractivity contribution in [1.82, 2.24) is 5.32 Å². The van der Waals surface area contributed by atoms with Crippen molar-refractivity contribution in [1.29, 1.82) is 0 Å². The highest BCUT2D eigenvalue weighted by Crippen LogP contribution is 2.30. The lowest BCUT2D eigenvalue weighted by atomic mass is 10.1. The standard InChI is InChI=1S/C13H16Cl2N2O/c1-7-2-3-9(4-7)17-13(18)8-5-10(14)12(15)11(16)6-8/h5-7,9H,2-4,16H2,1H3,(H,17,18). The summed E-state index contributed by atoms with van der Waals surface area (Å²) in [6, 6.07) is 3.36. The predicted molar refractivity (Wildman–Crippen MR) is 75.1 cm³/mol. The van der Waals surface area contributed by atoms with Crippen LogP contribution in [0.5, 0.6) is 0 Å². The van der Waals surface area contributed by atoms with Crippen molar-refractivity contribution in [3.63, 3.8) is 0 Å². The molecule has 0 bridgehead atoms. The number of carbonyl (C=O) groups excluding carboxylic acids is 1. The third kappa shape index (κ3) is 2.90. The highest BCUT2D eigenvalue weighted by molar-refractivity contribution is 6.43. The molecule has 1 aromatic carbocycles. The van der Waals surface area contributed by atoms with Gasteiger partial charge in [-0.25, -0.2) is 0 Å². The third-order valence-electron chi connectivity index (χ3n) is 3.35. The number of amides is 1. The van der Waals surface area contributed by atoms with Gasteiger partial charge in [-0.2, -0.15) is 0 Å². The first-order chi connectivity index (χ1) is 8.47. The first-order valence-electron chi connectivity index (χ1n) is 6.02. The average molecular weight is 287 g/mol. The van der Waals surface area contributed by atoms with Crippen LogP contribution in [0.25, 0.3) is 0 Å². The van der Waals surface area contributed by atoms with E-state index in [1.54, 1.807) is 12.1 Å². The molecule has 0 aromatic heterocycles. The molecule has 2 unspecified atom stereocenters. The summed E-state index contributed by atoms with van der Waals surface area (Å²) in [5.41, 5.74) is 6.48. The normalized spacial score (nSPS) is 23.1. The second-order valence-electron chi connectivity index (χ2n) is 4.95. The Morgan fingerprint density at radius 1 is 1.39 bits per heavy atom. The fourth-order valence-electron chi connectivity index (χ4n) is 2.35. The van der Waals surface area contributed by atoms with Gasteiger partial charge in [-0.05, 0) is 37.3 Å². The van der Waals surface area contributed by atoms with E-state index in [-0.39, 0.29) is 11.9 Å². The maximum atomic E-state index is 12.1. The maximum absolute atomic E-state index is 12.1. The molecule has 1 amide bonds. The Morgan fingerprint density at radius 2 is 2.11 bits per heavy atom. The van der Waals surface area contributed by atoms with Crippen LogP contribution in [-0.4, -0.2) is 11.9 Å². The summed E-state index contributed by atoms with van der Waals surface area (Å²) >= 11 is 11.8. The monoisotopic (exact) mass is 286 g/mol. The number of carbonyl (C=O) groups is 1. The number of rotatable bonds is 2. The van der Waals surface area contributed by atoms with Crippen molar-refractivity contribution in [2.45, 2.75) is 32.2 Å². The van der Waals surface area contributed by atoms with E-state index in [1.807, 2.05) is 0 Å². The van der Waals surface area contributed by atoms with Gasteiger partial charge in [0.15, 0.2) is 0 Å². The van der Waals surface area contributed by atoms with Crippen LogP contribution >= 0.6 is 23.2 Å². The third-order valence-corrected chi connectivity index (χ3v) is 4.17. The van der Waals surface area contributed by atoms with Crippen LogP contribution in [0, 0.1) is 5.92 Å². The zero-order valence-corrected chi connectivity index (χ0v) is 11.7. The van der Waals surface area contributed by atoms with Gasteiger partial charge in [0.05, 0.1) is 15.7 Å². The lowest BCUT2D eigenvalue weighted by Gasteiger charge is -2.13. The van der Waals surface area contributed by atoms with Gasteiger partial charge in [0.25, 0.3) is 5.91 Å². The van der Waals surface area contributed by atoms with Crippen LogP contribution in [0.4, 0.5) is 5.69 Å². The van der Waals surface area contributed by atoms with Crippen molar-refractivity contribution >= 4 is 34.8 Å². The van der Waals surface area contributed by atoms with E-state index in [4.69, 9.17) is 28.9 Å². The van der Waals surface area contributed by atoms with Gasteiger partial charge in [-0.15, -0.1) is 0 Å². The molecule has 0 spiro atoms. The summed E-state index contributed by atoms with van der Waals surface area (Å²) in [6.07, 6.45) is 3.22. The van der Waals surface area contributed by atoms with Crippen molar-refractivity contribution in [3.05, 3.63) is 27.7 Å². The average Bonchev–Trinajstić information content (AvgIpc) is 2.71. The van der Waals surface area contributed by atoms with Crippen LogP contribution in [0.3, 0.4) is 0 Å². The van der Waals surface area contributed by atoms with Crippen molar-refractivity contribution in [3.8, 4) is 0 Å². The molecule has 0 saturated heterocycles. The summed E-state index contributed by atoms with van der Waals surface area (Å²) in [7, 11) is 0. The molecule has 0 radical (unpaired) electrons. The van der Waals surface area contributed by atoms with E-state index < -0.39 is 0 Å². The molecule has 98 valence electrons. The minimum Gasteiger partial charge on any atom is -0.397 e. The quantitative estimate of drug-likeness (QED) is 0.818. The Kier molecular flexibility index (Phi) is 4.03. The van der Waals surface area contributed by atoms with Gasteiger partial charge in [0.1, 0.15) is 0 Å². The van der Waals surface area contributed by atoms with Crippen molar-refractivity contribution < 1.29 is 4.79 Å². The van der Waals surface area contributed by atoms with Gasteiger partial charge in [-0.3, -0.25) is 4.79 Å². The smallest absolute Gasteiger partial charge is 0.251 e. The first kappa shape index (κ1) is 13.5. The molecule has 2 rings (SSSR count). The van der Waals surface area contributed by atoms with Gasteiger partial charge >= 0.3 is 0 Å². The molecule has 1 saturated carbocycles. The Balaban J connectivity index is 2.09. The Bertz CT molecular complexity index is 453. The molecule has 1 fully saturated rings. The van der Waals surface area contributed by atoms with Crippen LogP contribution < -0.4 is 11.1 Å². The molecule has 0 aliphatic heterocycles. The minimum absolute atomic E-state index is 0.139. The highest BCUT2D eigenvalue weighted by Gasteiger charge is 2.23. The van der Waals surface area contributed by atoms with E-state index in [0.717, 1.165) is 19.3 Å². The molecule has 2 atom stereocenters. The summed E-state index contributed by atoms with van der Waals surface area (Å²) in [5.74, 6) is 0.536. The lowest BCUT2D eigenvalue weighted by molar-refractivity contribution is 0.0937. The largest absolute Gasteiger partial charge is 0.397 e. The SMILES string of the molecule is CC1CCC(NC(=O)c2cc(N)c(Cl)c(Cl)c2)C1. The Hall–Kier alpha value is -0.930. The van der Waals surface area contributed by atoms with Crippen molar-refractivity contribution in [2.75, 3.05) is 5.73 Å². The molecule has 3 N–H and O–H groups in total. The van der Waals surface area contributed by atoms with Gasteiger partial charge in [-0.1, -0.05) is 30.1 Å². The Labute approximate surface area is 117 Å². The van der Waals surface area contributed by atoms with Gasteiger partial charge in [0, 0.05) is 11.6 Å². The molecule has 0 heterocycles. The fourth-order valence-corrected chi connectivity index (χ4v) is 2.68. The van der Waals surface area contributed by atoms with Crippen LogP contribution in [0.15, 0.2) is 12.1 Å². The number of nitrogens with two attached hydrogens (primary N) is 1. The number of nitrogens with one attached hydrogen (secondary N) is 1. The van der Waals surface area contributed by atoms with Crippen molar-refractivity contribution in [2.24, 2.45) is 5.92 Å². The maximum Gasteiger partial charge on any atom is 0.251 e. The zero-order chi connectivity index (χ0) is 13.3. The van der Waals surface area contributed by atoms with Gasteiger partial charge in [0.2, 0.25) is 0 Å². The first-order valence-corrected chi connectivity index (χ1v) is 6.78. The van der Waals surface area contributed by atoms with Gasteiger partial charge < -0.3 is 11.1 Å². The molecule has 3 nitrogen and oxygen atoms in total. The topological polar surface area (TPSA) is 55.1 Å². The van der Waals surface area contributed by atoms with Crippen LogP contribution in [0.1, 0.15) is 36.5 Å². The van der Waals surface area contributed by atoms with Crippen LogP contribution in [-0.2, 0) is 0 Å². The second kappa shape index (κ2) is 5.37. The number of halogens is 2. The van der Waals surface area contributed by atoms with E-state index >= 15 is 0 Å². The van der Waals surface area contributed by atoms with E-state index in [1.165, 1.54) is 0 Å². The molecule has 1 aliphatic carbocycles. The minimum atomic E-state index is -0.139. The lowest BCUT2D eigenvalue weighted by Crippen LogP contribution is -2.32. The number of nitrogen functional groups attached to an aromatic ring is 1. The highest BCUT2D eigenvalue weighted by atomic mass is 35.5. The summed E-state index contributed by atoms with van der Waals surface area (Å²) in [4.78, 5) is 12.1. The molecule has 18 heavy (non-hydrogen) atoms. The summed E-state index contributed by atoms with van der Waals surface area (Å²) in [6.45, 7) is 2.20. The number of hydrogen-bond donors (Lipinski definition) is 2. The number of anilines is 1. The predicted octanol–water partition coefficient (Wildman–Crippen LogP) is 3.49. The summed E-state index contributed by atoms with van der Waals surface area (Å²) < 4.78 is 0.